The summed E-state index contributed by atoms with van der Waals surface area (Å²) < 4.78 is 2.34. The summed E-state index contributed by atoms with van der Waals surface area (Å²) >= 11 is 0. The molecule has 0 aliphatic carbocycles. The number of rotatable bonds is 2. The van der Waals surface area contributed by atoms with E-state index in [1.165, 1.54) is 38.3 Å². The molecule has 1 aromatic heterocycles. The molecule has 5 nitrogen and oxygen atoms in total. The van der Waals surface area contributed by atoms with Gasteiger partial charge in [0, 0.05) is 19.0 Å². The third-order valence-electron chi connectivity index (χ3n) is 4.05. The lowest BCUT2D eigenvalue weighted by Crippen LogP contribution is -2.34. The van der Waals surface area contributed by atoms with Crippen LogP contribution in [0.2, 0.25) is 0 Å². The first-order chi connectivity index (χ1) is 9.38. The molecule has 3 rings (SSSR count). The zero-order chi connectivity index (χ0) is 13.7. The second-order valence-corrected chi connectivity index (χ2v) is 5.01. The second kappa shape index (κ2) is 7.01. The average Bonchev–Trinajstić information content (AvgIpc) is 2.93. The van der Waals surface area contributed by atoms with Crippen molar-refractivity contribution in [2.24, 2.45) is 0 Å². The van der Waals surface area contributed by atoms with Gasteiger partial charge in [0.05, 0.1) is 6.54 Å². The normalized spacial score (nSPS) is 20.6. The predicted molar refractivity (Wildman–Crippen MR) is 77.2 cm³/mol. The zero-order valence-electron chi connectivity index (χ0n) is 12.5. The first kappa shape index (κ1) is 14.5. The minimum Gasteiger partial charge on any atom is -0.312 e. The fraction of sp³-hybridized carbons (Fsp3) is 0.857. The molecule has 1 N–H and O–H groups in total. The summed E-state index contributed by atoms with van der Waals surface area (Å²) in [6, 6.07) is 0. The van der Waals surface area contributed by atoms with E-state index in [1.54, 1.807) is 0 Å². The molecule has 0 aromatic carbocycles. The fourth-order valence-corrected chi connectivity index (χ4v) is 2.92. The van der Waals surface area contributed by atoms with Crippen LogP contribution in [0.5, 0.6) is 0 Å². The van der Waals surface area contributed by atoms with E-state index in [0.717, 1.165) is 25.5 Å². The Labute approximate surface area is 116 Å². The Balaban J connectivity index is 0.000000637. The van der Waals surface area contributed by atoms with E-state index in [2.05, 4.69) is 31.9 Å². The van der Waals surface area contributed by atoms with Crippen molar-refractivity contribution in [1.82, 2.24) is 25.0 Å². The highest BCUT2D eigenvalue weighted by molar-refractivity contribution is 5.05. The zero-order valence-corrected chi connectivity index (χ0v) is 12.5. The van der Waals surface area contributed by atoms with Gasteiger partial charge in [-0.1, -0.05) is 20.8 Å². The lowest BCUT2D eigenvalue weighted by atomic mass is 9.96. The number of piperidine rings is 1. The predicted octanol–water partition coefficient (Wildman–Crippen LogP) is 1.61. The molecule has 19 heavy (non-hydrogen) atoms. The minimum absolute atomic E-state index is 0.622. The van der Waals surface area contributed by atoms with Crippen LogP contribution in [0.1, 0.15) is 51.2 Å². The van der Waals surface area contributed by atoms with Gasteiger partial charge in [-0.25, -0.2) is 0 Å². The molecule has 5 heteroatoms. The smallest absolute Gasteiger partial charge is 0.147 e. The Morgan fingerprint density at radius 2 is 1.89 bits per heavy atom. The van der Waals surface area contributed by atoms with Crippen LogP contribution in [0.4, 0.5) is 0 Å². The minimum atomic E-state index is 0.622. The third kappa shape index (κ3) is 3.15. The Morgan fingerprint density at radius 1 is 1.16 bits per heavy atom. The molecule has 0 atom stereocenters. The molecule has 0 saturated carbocycles. The summed E-state index contributed by atoms with van der Waals surface area (Å²) in [5.74, 6) is 2.97. The Bertz CT molecular complexity index is 379. The lowest BCUT2D eigenvalue weighted by Gasteiger charge is -2.31. The summed E-state index contributed by atoms with van der Waals surface area (Å²) in [4.78, 5) is 2.52. The van der Waals surface area contributed by atoms with Crippen LogP contribution < -0.4 is 5.32 Å². The highest BCUT2D eigenvalue weighted by Gasteiger charge is 2.26. The second-order valence-electron chi connectivity index (χ2n) is 5.01. The van der Waals surface area contributed by atoms with Crippen LogP contribution in [0, 0.1) is 0 Å². The Hall–Kier alpha value is -0.940. The van der Waals surface area contributed by atoms with Crippen LogP contribution in [0.25, 0.3) is 0 Å². The van der Waals surface area contributed by atoms with Gasteiger partial charge in [0.15, 0.2) is 0 Å². The van der Waals surface area contributed by atoms with E-state index in [-0.39, 0.29) is 0 Å². The van der Waals surface area contributed by atoms with E-state index in [4.69, 9.17) is 0 Å². The van der Waals surface area contributed by atoms with Crippen molar-refractivity contribution in [3.63, 3.8) is 0 Å². The summed E-state index contributed by atoms with van der Waals surface area (Å²) in [5.41, 5.74) is 0. The summed E-state index contributed by atoms with van der Waals surface area (Å²) in [6.07, 6.45) is 2.47. The van der Waals surface area contributed by atoms with Gasteiger partial charge in [0.2, 0.25) is 0 Å². The summed E-state index contributed by atoms with van der Waals surface area (Å²) in [7, 11) is 0. The van der Waals surface area contributed by atoms with E-state index in [0.29, 0.717) is 5.92 Å². The van der Waals surface area contributed by atoms with Gasteiger partial charge >= 0.3 is 0 Å². The maximum atomic E-state index is 4.43. The van der Waals surface area contributed by atoms with Crippen LogP contribution in [0.3, 0.4) is 0 Å². The number of nitrogens with zero attached hydrogens (tertiary/aromatic N) is 4. The molecule has 0 bridgehead atoms. The molecule has 0 unspecified atom stereocenters. The van der Waals surface area contributed by atoms with Crippen LogP contribution in [0.15, 0.2) is 0 Å². The molecule has 0 amide bonds. The lowest BCUT2D eigenvalue weighted by molar-refractivity contribution is 0.216. The van der Waals surface area contributed by atoms with Gasteiger partial charge in [-0.2, -0.15) is 0 Å². The van der Waals surface area contributed by atoms with Gasteiger partial charge in [-0.15, -0.1) is 10.2 Å². The van der Waals surface area contributed by atoms with Gasteiger partial charge < -0.3 is 14.8 Å². The maximum Gasteiger partial charge on any atom is 0.147 e. The number of hydrogen-bond donors (Lipinski definition) is 1. The monoisotopic (exact) mass is 265 g/mol. The topological polar surface area (TPSA) is 46.0 Å². The molecule has 1 aromatic rings. The molecule has 2 aliphatic heterocycles. The standard InChI is InChI=1S/C12H21N5.C2H6/c1-2-16-6-3-10(4-7-16)12-15-14-11-9-13-5-8-17(11)12;1-2/h10,13H,2-9H2,1H3;1-2H3. The van der Waals surface area contributed by atoms with Crippen molar-refractivity contribution >= 4 is 0 Å². The largest absolute Gasteiger partial charge is 0.312 e. The van der Waals surface area contributed by atoms with E-state index < -0.39 is 0 Å². The fourth-order valence-electron chi connectivity index (χ4n) is 2.92. The first-order valence-corrected chi connectivity index (χ1v) is 7.73. The number of fused-ring (bicyclic) bond motifs is 1. The van der Waals surface area contributed by atoms with Crippen LogP contribution in [-0.2, 0) is 13.1 Å². The van der Waals surface area contributed by atoms with Crippen molar-refractivity contribution in [3.8, 4) is 0 Å². The number of hydrogen-bond acceptors (Lipinski definition) is 4. The molecular weight excluding hydrogens is 238 g/mol. The molecule has 2 aliphatic rings. The highest BCUT2D eigenvalue weighted by Crippen LogP contribution is 2.27. The number of likely N-dealkylation sites (tertiary alicyclic amines) is 1. The van der Waals surface area contributed by atoms with Crippen LogP contribution >= 0.6 is 0 Å². The van der Waals surface area contributed by atoms with Gasteiger partial charge in [-0.3, -0.25) is 0 Å². The maximum absolute atomic E-state index is 4.43. The highest BCUT2D eigenvalue weighted by atomic mass is 15.3. The van der Waals surface area contributed by atoms with Crippen molar-refractivity contribution in [3.05, 3.63) is 11.6 Å². The average molecular weight is 265 g/mol. The van der Waals surface area contributed by atoms with Gasteiger partial charge in [0.25, 0.3) is 0 Å². The molecule has 1 saturated heterocycles. The first-order valence-electron chi connectivity index (χ1n) is 7.73. The quantitative estimate of drug-likeness (QED) is 0.882. The SMILES string of the molecule is CC.CCN1CCC(c2nnc3n2CCNC3)CC1. The van der Waals surface area contributed by atoms with Gasteiger partial charge in [0.1, 0.15) is 11.6 Å². The van der Waals surface area contributed by atoms with Crippen LogP contribution in [-0.4, -0.2) is 45.8 Å². The summed E-state index contributed by atoms with van der Waals surface area (Å²) in [6.45, 7) is 12.8. The molecule has 1 fully saturated rings. The van der Waals surface area contributed by atoms with Gasteiger partial charge in [-0.05, 0) is 32.5 Å². The molecule has 0 radical (unpaired) electrons. The number of aromatic nitrogens is 3. The van der Waals surface area contributed by atoms with Crippen molar-refractivity contribution < 1.29 is 0 Å². The van der Waals surface area contributed by atoms with Crippen molar-refractivity contribution in [2.75, 3.05) is 26.2 Å². The molecule has 0 spiro atoms. The Kier molecular flexibility index (Phi) is 5.34. The van der Waals surface area contributed by atoms with Crippen molar-refractivity contribution in [2.45, 2.75) is 52.6 Å². The van der Waals surface area contributed by atoms with E-state index in [1.807, 2.05) is 13.8 Å². The van der Waals surface area contributed by atoms with Crippen molar-refractivity contribution in [1.29, 1.82) is 0 Å². The third-order valence-corrected chi connectivity index (χ3v) is 4.05. The molecule has 108 valence electrons. The van der Waals surface area contributed by atoms with E-state index >= 15 is 0 Å². The summed E-state index contributed by atoms with van der Waals surface area (Å²) in [5, 5.41) is 12.1. The molecule has 3 heterocycles. The van der Waals surface area contributed by atoms with E-state index in [9.17, 15) is 0 Å². The Morgan fingerprint density at radius 3 is 2.58 bits per heavy atom. The molecular formula is C14H27N5. The number of nitrogens with one attached hydrogen (secondary N) is 1.